The molecule has 8 heteroatoms. The molecule has 0 bridgehead atoms. The Balaban J connectivity index is 4.48. The number of nitrogens with zero attached hydrogens (tertiary/aromatic N) is 2. The number of amides is 2. The minimum Gasteiger partial charge on any atom is -0.480 e. The first-order chi connectivity index (χ1) is 6.54. The van der Waals surface area contributed by atoms with E-state index in [9.17, 15) is 14.5 Å². The molecule has 0 aromatic heterocycles. The number of carbonyl (C=O) groups is 2. The molecule has 80 valence electrons. The second kappa shape index (κ2) is 6.14. The second-order valence-electron chi connectivity index (χ2n) is 2.40. The maximum absolute atomic E-state index is 11.1. The van der Waals surface area contributed by atoms with Crippen LogP contribution in [0, 0.1) is 4.91 Å². The minimum atomic E-state index is -1.18. The van der Waals surface area contributed by atoms with E-state index in [0.717, 1.165) is 4.90 Å². The third-order valence-electron chi connectivity index (χ3n) is 1.55. The molecule has 0 saturated carbocycles. The Bertz CT molecular complexity index is 235. The van der Waals surface area contributed by atoms with Crippen LogP contribution in [0.3, 0.4) is 0 Å². The maximum atomic E-state index is 11.1. The third-order valence-corrected chi connectivity index (χ3v) is 1.72. The first kappa shape index (κ1) is 12.6. The van der Waals surface area contributed by atoms with Crippen LogP contribution in [0.1, 0.15) is 6.92 Å². The summed E-state index contributed by atoms with van der Waals surface area (Å²) in [6, 6.07) is -1.94. The van der Waals surface area contributed by atoms with Gasteiger partial charge in [-0.3, -0.25) is 0 Å². The highest BCUT2D eigenvalue weighted by Gasteiger charge is 2.24. The summed E-state index contributed by atoms with van der Waals surface area (Å²) in [6.45, 7) is 1.33. The van der Waals surface area contributed by atoms with Crippen molar-refractivity contribution in [1.29, 1.82) is 0 Å². The molecule has 0 aliphatic carbocycles. The van der Waals surface area contributed by atoms with Crippen molar-refractivity contribution in [1.82, 2.24) is 10.3 Å². The third kappa shape index (κ3) is 3.56. The zero-order valence-electron chi connectivity index (χ0n) is 7.44. The molecule has 2 amide bonds. The molecule has 0 spiro atoms. The summed E-state index contributed by atoms with van der Waals surface area (Å²) in [4.78, 5) is 32.3. The Labute approximate surface area is 85.0 Å². The van der Waals surface area contributed by atoms with E-state index in [-0.39, 0.29) is 12.4 Å². The number of carboxylic acid groups (broad SMARTS) is 1. The molecule has 7 nitrogen and oxygen atoms in total. The van der Waals surface area contributed by atoms with Crippen LogP contribution >= 0.6 is 11.6 Å². The Kier molecular flexibility index (Phi) is 5.54. The summed E-state index contributed by atoms with van der Waals surface area (Å²) in [7, 11) is 0. The summed E-state index contributed by atoms with van der Waals surface area (Å²) >= 11 is 5.37. The number of nitroso groups, excluding NO2 is 1. The van der Waals surface area contributed by atoms with E-state index in [1.54, 1.807) is 5.43 Å². The molecule has 0 aromatic carbocycles. The lowest BCUT2D eigenvalue weighted by Crippen LogP contribution is -2.47. The van der Waals surface area contributed by atoms with Crippen molar-refractivity contribution < 1.29 is 14.7 Å². The summed E-state index contributed by atoms with van der Waals surface area (Å²) in [5.74, 6) is -1.11. The summed E-state index contributed by atoms with van der Waals surface area (Å²) < 4.78 is 0. The Morgan fingerprint density at radius 3 is 2.57 bits per heavy atom. The fraction of sp³-hybridized carbons (Fsp3) is 0.667. The Morgan fingerprint density at radius 2 is 2.21 bits per heavy atom. The molecule has 0 aromatic rings. The highest BCUT2D eigenvalue weighted by atomic mass is 35.5. The van der Waals surface area contributed by atoms with Crippen molar-refractivity contribution in [2.24, 2.45) is 5.29 Å². The van der Waals surface area contributed by atoms with E-state index in [2.05, 4.69) is 5.29 Å². The van der Waals surface area contributed by atoms with Crippen LogP contribution in [0.4, 0.5) is 4.79 Å². The van der Waals surface area contributed by atoms with Gasteiger partial charge in [-0.2, -0.15) is 5.43 Å². The van der Waals surface area contributed by atoms with E-state index >= 15 is 0 Å². The van der Waals surface area contributed by atoms with Gasteiger partial charge in [0.1, 0.15) is 6.04 Å². The number of carbonyl (C=O) groups excluding carboxylic acids is 1. The van der Waals surface area contributed by atoms with Crippen molar-refractivity contribution in [2.45, 2.75) is 13.0 Å². The highest BCUT2D eigenvalue weighted by Crippen LogP contribution is 2.00. The molecule has 1 atom stereocenters. The van der Waals surface area contributed by atoms with E-state index < -0.39 is 18.0 Å². The van der Waals surface area contributed by atoms with E-state index in [1.165, 1.54) is 6.92 Å². The number of carboxylic acids is 1. The molecule has 14 heavy (non-hydrogen) atoms. The smallest absolute Gasteiger partial charge is 0.341 e. The largest absolute Gasteiger partial charge is 0.480 e. The molecular formula is C6H10ClN3O4. The van der Waals surface area contributed by atoms with Crippen LogP contribution in [0.25, 0.3) is 0 Å². The van der Waals surface area contributed by atoms with Gasteiger partial charge in [-0.25, -0.2) is 9.59 Å². The van der Waals surface area contributed by atoms with Crippen molar-refractivity contribution in [3.05, 3.63) is 4.91 Å². The number of alkyl halides is 1. The number of hydrogen-bond donors (Lipinski definition) is 2. The maximum Gasteiger partial charge on any atom is 0.341 e. The lowest BCUT2D eigenvalue weighted by molar-refractivity contribution is -0.141. The van der Waals surface area contributed by atoms with Crippen LogP contribution in [-0.2, 0) is 4.79 Å². The molecule has 0 saturated heterocycles. The van der Waals surface area contributed by atoms with Crippen LogP contribution in [0.5, 0.6) is 0 Å². The van der Waals surface area contributed by atoms with Crippen LogP contribution in [0.15, 0.2) is 5.29 Å². The van der Waals surface area contributed by atoms with Gasteiger partial charge in [0.25, 0.3) is 0 Å². The molecule has 0 unspecified atom stereocenters. The van der Waals surface area contributed by atoms with Gasteiger partial charge in [0.05, 0.1) is 5.29 Å². The van der Waals surface area contributed by atoms with E-state index in [1.807, 2.05) is 0 Å². The van der Waals surface area contributed by atoms with Gasteiger partial charge in [0.15, 0.2) is 0 Å². The van der Waals surface area contributed by atoms with E-state index in [4.69, 9.17) is 16.7 Å². The Morgan fingerprint density at radius 1 is 1.64 bits per heavy atom. The van der Waals surface area contributed by atoms with Crippen molar-refractivity contribution in [3.63, 3.8) is 0 Å². The van der Waals surface area contributed by atoms with Crippen LogP contribution < -0.4 is 5.43 Å². The lowest BCUT2D eigenvalue weighted by atomic mass is 10.3. The molecule has 2 N–H and O–H groups in total. The first-order valence-electron chi connectivity index (χ1n) is 3.72. The number of halogens is 1. The van der Waals surface area contributed by atoms with Crippen molar-refractivity contribution in [2.75, 3.05) is 12.4 Å². The molecular weight excluding hydrogens is 214 g/mol. The standard InChI is InChI=1S/C6H10ClN3O4/c1-4(5(11)12)10(3-2-7)6(13)8-9-14/h4H,2-3H2,1H3,(H,11,12)(H,8,13,14)/t4-/m0/s1. The normalized spacial score (nSPS) is 11.6. The lowest BCUT2D eigenvalue weighted by Gasteiger charge is -2.23. The fourth-order valence-corrected chi connectivity index (χ4v) is 0.981. The van der Waals surface area contributed by atoms with Crippen molar-refractivity contribution in [3.8, 4) is 0 Å². The number of hydrogen-bond acceptors (Lipinski definition) is 4. The quantitative estimate of drug-likeness (QED) is 0.400. The number of urea groups is 1. The number of nitrogens with one attached hydrogen (secondary N) is 1. The van der Waals surface area contributed by atoms with Gasteiger partial charge in [0, 0.05) is 12.4 Å². The van der Waals surface area contributed by atoms with Gasteiger partial charge < -0.3 is 10.0 Å². The van der Waals surface area contributed by atoms with Crippen molar-refractivity contribution >= 4 is 23.6 Å². The molecule has 0 rings (SSSR count). The summed E-state index contributed by atoms with van der Waals surface area (Å²) in [6.07, 6.45) is 0. The van der Waals surface area contributed by atoms with Gasteiger partial charge in [-0.1, -0.05) is 0 Å². The molecule has 0 radical (unpaired) electrons. The number of aliphatic carboxylic acids is 1. The minimum absolute atomic E-state index is 0.0242. The predicted molar refractivity (Wildman–Crippen MR) is 48.9 cm³/mol. The van der Waals surface area contributed by atoms with Gasteiger partial charge in [-0.05, 0) is 6.92 Å². The topological polar surface area (TPSA) is 99.1 Å². The first-order valence-corrected chi connectivity index (χ1v) is 4.25. The van der Waals surface area contributed by atoms with Crippen LogP contribution in [-0.4, -0.2) is 40.5 Å². The zero-order chi connectivity index (χ0) is 11.1. The fourth-order valence-electron chi connectivity index (χ4n) is 0.799. The summed E-state index contributed by atoms with van der Waals surface area (Å²) in [5, 5.41) is 10.8. The molecule has 0 heterocycles. The average molecular weight is 224 g/mol. The molecule has 0 aliphatic rings. The average Bonchev–Trinajstić information content (AvgIpc) is 2.13. The van der Waals surface area contributed by atoms with Gasteiger partial charge >= 0.3 is 12.0 Å². The summed E-state index contributed by atoms with van der Waals surface area (Å²) in [5.41, 5.74) is 1.60. The highest BCUT2D eigenvalue weighted by molar-refractivity contribution is 6.18. The van der Waals surface area contributed by atoms with Gasteiger partial charge in [0.2, 0.25) is 0 Å². The SMILES string of the molecule is C[C@@H](C(=O)O)N(CCCl)C(=O)NN=O. The second-order valence-corrected chi connectivity index (χ2v) is 2.78. The van der Waals surface area contributed by atoms with E-state index in [0.29, 0.717) is 0 Å². The number of rotatable bonds is 5. The molecule has 0 aliphatic heterocycles. The zero-order valence-corrected chi connectivity index (χ0v) is 8.19. The van der Waals surface area contributed by atoms with Crippen LogP contribution in [0.2, 0.25) is 0 Å². The molecule has 0 fully saturated rings. The van der Waals surface area contributed by atoms with Gasteiger partial charge in [-0.15, -0.1) is 16.5 Å². The predicted octanol–water partition coefficient (Wildman–Crippen LogP) is 0.391. The Hall–Kier alpha value is -1.37. The monoisotopic (exact) mass is 223 g/mol.